The van der Waals surface area contributed by atoms with Gasteiger partial charge in [0, 0.05) is 13.0 Å². The Morgan fingerprint density at radius 1 is 1.44 bits per heavy atom. The van der Waals surface area contributed by atoms with E-state index in [-0.39, 0.29) is 12.3 Å². The molecule has 1 aromatic carbocycles. The number of aliphatic hydroxyl groups excluding tert-OH is 2. The van der Waals surface area contributed by atoms with E-state index in [2.05, 4.69) is 5.32 Å². The summed E-state index contributed by atoms with van der Waals surface area (Å²) in [7, 11) is 1.69. The lowest BCUT2D eigenvalue weighted by Gasteiger charge is -2.21. The number of ether oxygens (including phenoxy) is 1. The van der Waals surface area contributed by atoms with Crippen molar-refractivity contribution in [2.24, 2.45) is 0 Å². The van der Waals surface area contributed by atoms with Gasteiger partial charge in [-0.15, -0.1) is 0 Å². The van der Waals surface area contributed by atoms with E-state index in [1.807, 2.05) is 0 Å². The molecule has 2 unspecified atom stereocenters. The minimum atomic E-state index is -1.02. The number of likely N-dealkylation sites (N-methyl/N-ethyl adjacent to an activating group) is 1. The highest BCUT2D eigenvalue weighted by Gasteiger charge is 2.23. The van der Waals surface area contributed by atoms with Crippen molar-refractivity contribution in [1.82, 2.24) is 5.32 Å². The summed E-state index contributed by atoms with van der Waals surface area (Å²) >= 11 is 0. The molecule has 1 aromatic rings. The molecule has 0 bridgehead atoms. The first-order valence-corrected chi connectivity index (χ1v) is 5.94. The van der Waals surface area contributed by atoms with Gasteiger partial charge in [-0.2, -0.15) is 0 Å². The fourth-order valence-electron chi connectivity index (χ4n) is 2.01. The predicted octanol–water partition coefficient (Wildman–Crippen LogP) is 0.265. The number of ketones is 1. The summed E-state index contributed by atoms with van der Waals surface area (Å²) in [5, 5.41) is 22.5. The highest BCUT2D eigenvalue weighted by Crippen LogP contribution is 2.28. The van der Waals surface area contributed by atoms with Crippen molar-refractivity contribution < 1.29 is 19.7 Å². The van der Waals surface area contributed by atoms with E-state index >= 15 is 0 Å². The Morgan fingerprint density at radius 3 is 2.94 bits per heavy atom. The third kappa shape index (κ3) is 2.53. The lowest BCUT2D eigenvalue weighted by Crippen LogP contribution is -2.29. The van der Waals surface area contributed by atoms with Crippen molar-refractivity contribution in [3.63, 3.8) is 0 Å². The van der Waals surface area contributed by atoms with Gasteiger partial charge in [0.2, 0.25) is 0 Å². The van der Waals surface area contributed by atoms with Crippen LogP contribution in [0.5, 0.6) is 5.75 Å². The minimum absolute atomic E-state index is 0.00778. The second-order valence-corrected chi connectivity index (χ2v) is 4.35. The molecule has 5 nitrogen and oxygen atoms in total. The van der Waals surface area contributed by atoms with Crippen molar-refractivity contribution in [1.29, 1.82) is 0 Å². The van der Waals surface area contributed by atoms with Crippen molar-refractivity contribution in [3.8, 4) is 5.75 Å². The minimum Gasteiger partial charge on any atom is -0.492 e. The van der Waals surface area contributed by atoms with Gasteiger partial charge in [0.1, 0.15) is 11.9 Å². The fraction of sp³-hybridized carbons (Fsp3) is 0.462. The fourth-order valence-corrected chi connectivity index (χ4v) is 2.01. The molecule has 0 amide bonds. The number of hydrogen-bond donors (Lipinski definition) is 3. The molecule has 1 aliphatic heterocycles. The molecule has 0 saturated heterocycles. The Hall–Kier alpha value is -1.43. The normalized spacial score (nSPS) is 17.8. The predicted molar refractivity (Wildman–Crippen MR) is 65.8 cm³/mol. The monoisotopic (exact) mass is 251 g/mol. The molecule has 0 saturated carbocycles. The highest BCUT2D eigenvalue weighted by molar-refractivity contribution is 5.99. The molecule has 0 fully saturated rings. The van der Waals surface area contributed by atoms with Gasteiger partial charge in [-0.3, -0.25) is 4.79 Å². The van der Waals surface area contributed by atoms with Crippen LogP contribution in [-0.2, 0) is 0 Å². The van der Waals surface area contributed by atoms with Gasteiger partial charge in [-0.25, -0.2) is 0 Å². The standard InChI is InChI=1S/C13H17NO4/c1-14-7-11(16)13(17)8-2-3-12-9(6-8)10(15)4-5-18-12/h2-3,6,11,13-14,16-17H,4-5,7H2,1H3. The van der Waals surface area contributed by atoms with Gasteiger partial charge >= 0.3 is 0 Å². The molecule has 3 N–H and O–H groups in total. The van der Waals surface area contributed by atoms with Crippen LogP contribution in [0.1, 0.15) is 28.4 Å². The molecule has 5 heteroatoms. The van der Waals surface area contributed by atoms with Gasteiger partial charge in [0.05, 0.1) is 18.3 Å². The molecule has 0 spiro atoms. The van der Waals surface area contributed by atoms with Crippen LogP contribution in [0, 0.1) is 0 Å². The lowest BCUT2D eigenvalue weighted by molar-refractivity contribution is 0.0201. The van der Waals surface area contributed by atoms with Crippen LogP contribution < -0.4 is 10.1 Å². The van der Waals surface area contributed by atoms with E-state index in [0.717, 1.165) is 0 Å². The maximum absolute atomic E-state index is 11.7. The van der Waals surface area contributed by atoms with Crippen LogP contribution in [0.25, 0.3) is 0 Å². The number of hydrogen-bond acceptors (Lipinski definition) is 5. The number of aliphatic hydroxyl groups is 2. The Labute approximate surface area is 105 Å². The van der Waals surface area contributed by atoms with Crippen LogP contribution in [-0.4, -0.2) is 42.3 Å². The van der Waals surface area contributed by atoms with Crippen molar-refractivity contribution >= 4 is 5.78 Å². The maximum Gasteiger partial charge on any atom is 0.170 e. The molecule has 0 aliphatic carbocycles. The van der Waals surface area contributed by atoms with E-state index in [1.54, 1.807) is 25.2 Å². The lowest BCUT2D eigenvalue weighted by atomic mass is 9.97. The summed E-state index contributed by atoms with van der Waals surface area (Å²) in [5.74, 6) is 0.554. The summed E-state index contributed by atoms with van der Waals surface area (Å²) in [6.45, 7) is 0.679. The quantitative estimate of drug-likeness (QED) is 0.715. The molecule has 18 heavy (non-hydrogen) atoms. The van der Waals surface area contributed by atoms with Crippen LogP contribution in [0.15, 0.2) is 18.2 Å². The zero-order valence-corrected chi connectivity index (χ0v) is 10.2. The van der Waals surface area contributed by atoms with Gasteiger partial charge in [-0.05, 0) is 24.7 Å². The third-order valence-corrected chi connectivity index (χ3v) is 3.01. The van der Waals surface area contributed by atoms with E-state index in [0.29, 0.717) is 29.9 Å². The molecule has 1 aliphatic rings. The number of fused-ring (bicyclic) bond motifs is 1. The smallest absolute Gasteiger partial charge is 0.170 e. The number of carbonyl (C=O) groups is 1. The average Bonchev–Trinajstić information content (AvgIpc) is 2.38. The second-order valence-electron chi connectivity index (χ2n) is 4.35. The van der Waals surface area contributed by atoms with Gasteiger partial charge in [0.15, 0.2) is 5.78 Å². The highest BCUT2D eigenvalue weighted by atomic mass is 16.5. The van der Waals surface area contributed by atoms with Crippen LogP contribution in [0.4, 0.5) is 0 Å². The molecule has 2 rings (SSSR count). The van der Waals surface area contributed by atoms with Gasteiger partial charge in [-0.1, -0.05) is 6.07 Å². The Balaban J connectivity index is 2.25. The molecular formula is C13H17NO4. The Bertz CT molecular complexity index is 447. The van der Waals surface area contributed by atoms with Crippen LogP contribution in [0.2, 0.25) is 0 Å². The van der Waals surface area contributed by atoms with Crippen LogP contribution >= 0.6 is 0 Å². The Morgan fingerprint density at radius 2 is 2.22 bits per heavy atom. The third-order valence-electron chi connectivity index (χ3n) is 3.01. The zero-order chi connectivity index (χ0) is 13.1. The summed E-state index contributed by atoms with van der Waals surface area (Å²) in [5.41, 5.74) is 1.00. The maximum atomic E-state index is 11.7. The molecule has 2 atom stereocenters. The number of benzene rings is 1. The summed E-state index contributed by atoms with van der Waals surface area (Å²) in [6, 6.07) is 4.93. The van der Waals surface area contributed by atoms with E-state index in [4.69, 9.17) is 4.74 Å². The van der Waals surface area contributed by atoms with E-state index in [1.165, 1.54) is 0 Å². The molecular weight excluding hydrogens is 234 g/mol. The SMILES string of the molecule is CNCC(O)C(O)c1ccc2c(c1)C(=O)CCO2. The van der Waals surface area contributed by atoms with Gasteiger partial charge in [0.25, 0.3) is 0 Å². The number of carbonyl (C=O) groups excluding carboxylic acids is 1. The van der Waals surface area contributed by atoms with E-state index < -0.39 is 12.2 Å². The Kier molecular flexibility index (Phi) is 3.96. The van der Waals surface area contributed by atoms with E-state index in [9.17, 15) is 15.0 Å². The topological polar surface area (TPSA) is 78.8 Å². The second kappa shape index (κ2) is 5.48. The molecule has 0 aromatic heterocycles. The van der Waals surface area contributed by atoms with Crippen molar-refractivity contribution in [2.75, 3.05) is 20.2 Å². The summed E-state index contributed by atoms with van der Waals surface area (Å²) in [6.07, 6.45) is -1.57. The zero-order valence-electron chi connectivity index (χ0n) is 10.2. The first kappa shape index (κ1) is 13.0. The number of nitrogens with one attached hydrogen (secondary N) is 1. The first-order chi connectivity index (χ1) is 8.63. The van der Waals surface area contributed by atoms with Crippen LogP contribution in [0.3, 0.4) is 0 Å². The number of rotatable bonds is 4. The van der Waals surface area contributed by atoms with Gasteiger partial charge < -0.3 is 20.3 Å². The molecule has 98 valence electrons. The summed E-state index contributed by atoms with van der Waals surface area (Å²) < 4.78 is 5.36. The summed E-state index contributed by atoms with van der Waals surface area (Å²) in [4.78, 5) is 11.7. The molecule has 1 heterocycles. The molecule has 0 radical (unpaired) electrons. The van der Waals surface area contributed by atoms with Crippen molar-refractivity contribution in [3.05, 3.63) is 29.3 Å². The van der Waals surface area contributed by atoms with Crippen molar-refractivity contribution in [2.45, 2.75) is 18.6 Å². The number of Topliss-reactive ketones (excluding diaryl/α,β-unsaturated/α-hetero) is 1. The largest absolute Gasteiger partial charge is 0.492 e. The first-order valence-electron chi connectivity index (χ1n) is 5.94. The average molecular weight is 251 g/mol.